The highest BCUT2D eigenvalue weighted by Crippen LogP contribution is 2.37. The first kappa shape index (κ1) is 12.7. The number of rotatable bonds is 3. The van der Waals surface area contributed by atoms with Gasteiger partial charge in [-0.2, -0.15) is 0 Å². The highest BCUT2D eigenvalue weighted by atomic mass is 35.5. The van der Waals surface area contributed by atoms with E-state index in [4.69, 9.17) is 11.6 Å². The smallest absolute Gasteiger partial charge is 0.161 e. The predicted octanol–water partition coefficient (Wildman–Crippen LogP) is 4.96. The fourth-order valence-corrected chi connectivity index (χ4v) is 2.86. The maximum Gasteiger partial charge on any atom is 0.161 e. The van der Waals surface area contributed by atoms with Gasteiger partial charge in [-0.15, -0.1) is 11.6 Å². The van der Waals surface area contributed by atoms with E-state index in [1.807, 2.05) is 0 Å². The van der Waals surface area contributed by atoms with Gasteiger partial charge in [0.1, 0.15) is 5.82 Å². The van der Waals surface area contributed by atoms with Gasteiger partial charge in [0, 0.05) is 11.6 Å². The van der Waals surface area contributed by atoms with Crippen LogP contribution in [0.2, 0.25) is 0 Å². The lowest BCUT2D eigenvalue weighted by atomic mass is 9.97. The van der Waals surface area contributed by atoms with E-state index in [1.54, 1.807) is 0 Å². The van der Waals surface area contributed by atoms with E-state index < -0.39 is 22.8 Å². The summed E-state index contributed by atoms with van der Waals surface area (Å²) in [6, 6.07) is 1.44. The Labute approximate surface area is 104 Å². The first-order valence-electron chi connectivity index (χ1n) is 5.86. The summed E-state index contributed by atoms with van der Waals surface area (Å²) in [5, 5.41) is -0.576. The van der Waals surface area contributed by atoms with Gasteiger partial charge in [0.15, 0.2) is 11.6 Å². The molecule has 1 aromatic rings. The second-order valence-electron chi connectivity index (χ2n) is 4.64. The van der Waals surface area contributed by atoms with Crippen molar-refractivity contribution in [3.8, 4) is 0 Å². The zero-order valence-electron chi connectivity index (χ0n) is 9.36. The van der Waals surface area contributed by atoms with Crippen LogP contribution in [0.4, 0.5) is 13.2 Å². The van der Waals surface area contributed by atoms with Crippen molar-refractivity contribution in [3.63, 3.8) is 0 Å². The predicted molar refractivity (Wildman–Crippen MR) is 61.5 cm³/mol. The molecule has 2 rings (SSSR count). The molecule has 0 spiro atoms. The molecule has 0 aromatic heterocycles. The quantitative estimate of drug-likeness (QED) is 0.533. The molecule has 17 heavy (non-hydrogen) atoms. The van der Waals surface area contributed by atoms with Crippen molar-refractivity contribution >= 4 is 11.6 Å². The van der Waals surface area contributed by atoms with Gasteiger partial charge in [-0.25, -0.2) is 13.2 Å². The van der Waals surface area contributed by atoms with Gasteiger partial charge < -0.3 is 0 Å². The molecule has 1 aliphatic carbocycles. The van der Waals surface area contributed by atoms with E-state index in [2.05, 4.69) is 0 Å². The zero-order chi connectivity index (χ0) is 12.4. The fraction of sp³-hybridized carbons (Fsp3) is 0.538. The Hall–Kier alpha value is -0.700. The first-order chi connectivity index (χ1) is 8.08. The van der Waals surface area contributed by atoms with Crippen LogP contribution in [0.1, 0.15) is 43.0 Å². The van der Waals surface area contributed by atoms with Crippen molar-refractivity contribution in [3.05, 3.63) is 35.1 Å². The van der Waals surface area contributed by atoms with Crippen LogP contribution in [0.15, 0.2) is 12.1 Å². The van der Waals surface area contributed by atoms with Crippen LogP contribution in [0.5, 0.6) is 0 Å². The van der Waals surface area contributed by atoms with Crippen LogP contribution in [0.3, 0.4) is 0 Å². The van der Waals surface area contributed by atoms with Gasteiger partial charge in [-0.05, 0) is 18.4 Å². The lowest BCUT2D eigenvalue weighted by Gasteiger charge is -2.15. The number of hydrogen-bond donors (Lipinski definition) is 0. The topological polar surface area (TPSA) is 0 Å². The molecular formula is C13H14ClF3. The minimum absolute atomic E-state index is 0.0671. The Morgan fingerprint density at radius 3 is 2.29 bits per heavy atom. The Balaban J connectivity index is 2.12. The van der Waals surface area contributed by atoms with E-state index in [0.29, 0.717) is 18.4 Å². The van der Waals surface area contributed by atoms with Crippen molar-refractivity contribution < 1.29 is 13.2 Å². The second-order valence-corrected chi connectivity index (χ2v) is 5.17. The summed E-state index contributed by atoms with van der Waals surface area (Å²) in [5.74, 6) is -2.50. The number of hydrogen-bond acceptors (Lipinski definition) is 0. The van der Waals surface area contributed by atoms with Crippen LogP contribution in [0, 0.1) is 23.4 Å². The Morgan fingerprint density at radius 2 is 1.65 bits per heavy atom. The van der Waals surface area contributed by atoms with Gasteiger partial charge in [0.05, 0.1) is 5.38 Å². The molecule has 0 aliphatic heterocycles. The number of alkyl halides is 1. The normalized spacial score (nSPS) is 18.6. The zero-order valence-corrected chi connectivity index (χ0v) is 10.1. The van der Waals surface area contributed by atoms with Gasteiger partial charge >= 0.3 is 0 Å². The fourth-order valence-electron chi connectivity index (χ4n) is 2.44. The Morgan fingerprint density at radius 1 is 1.06 bits per heavy atom. The maximum atomic E-state index is 13.5. The molecule has 1 unspecified atom stereocenters. The van der Waals surface area contributed by atoms with Crippen LogP contribution >= 0.6 is 11.6 Å². The third-order valence-corrected chi connectivity index (χ3v) is 3.81. The molecule has 1 fully saturated rings. The van der Waals surface area contributed by atoms with Crippen LogP contribution < -0.4 is 0 Å². The largest absolute Gasteiger partial charge is 0.207 e. The molecule has 1 aliphatic rings. The van der Waals surface area contributed by atoms with Crippen molar-refractivity contribution in [1.82, 2.24) is 0 Å². The third-order valence-electron chi connectivity index (χ3n) is 3.39. The van der Waals surface area contributed by atoms with Crippen molar-refractivity contribution in [2.24, 2.45) is 5.92 Å². The number of benzene rings is 1. The molecular weight excluding hydrogens is 249 g/mol. The summed E-state index contributed by atoms with van der Waals surface area (Å²) in [6.07, 6.45) is 5.16. The lowest BCUT2D eigenvalue weighted by Crippen LogP contribution is -2.03. The van der Waals surface area contributed by atoms with Gasteiger partial charge in [0.2, 0.25) is 0 Å². The molecule has 1 aromatic carbocycles. The minimum atomic E-state index is -1.17. The second kappa shape index (κ2) is 5.30. The highest BCUT2D eigenvalue weighted by molar-refractivity contribution is 6.20. The van der Waals surface area contributed by atoms with Crippen molar-refractivity contribution in [1.29, 1.82) is 0 Å². The van der Waals surface area contributed by atoms with E-state index in [-0.39, 0.29) is 5.56 Å². The summed E-state index contributed by atoms with van der Waals surface area (Å²) in [7, 11) is 0. The average molecular weight is 263 g/mol. The molecule has 1 atom stereocenters. The molecule has 0 bridgehead atoms. The molecule has 0 saturated heterocycles. The molecule has 4 heteroatoms. The van der Waals surface area contributed by atoms with Crippen LogP contribution in [-0.2, 0) is 0 Å². The van der Waals surface area contributed by atoms with Crippen LogP contribution in [0.25, 0.3) is 0 Å². The maximum absolute atomic E-state index is 13.5. The van der Waals surface area contributed by atoms with Crippen molar-refractivity contribution in [2.75, 3.05) is 0 Å². The van der Waals surface area contributed by atoms with E-state index in [9.17, 15) is 13.2 Å². The van der Waals surface area contributed by atoms with Gasteiger partial charge in [-0.3, -0.25) is 0 Å². The molecule has 0 heterocycles. The summed E-state index contributed by atoms with van der Waals surface area (Å²) in [5.41, 5.74) is 0.0671. The minimum Gasteiger partial charge on any atom is -0.207 e. The molecule has 0 N–H and O–H groups in total. The first-order valence-corrected chi connectivity index (χ1v) is 6.30. The highest BCUT2D eigenvalue weighted by Gasteiger charge is 2.23. The Bertz CT molecular complexity index is 400. The molecule has 0 radical (unpaired) electrons. The summed E-state index contributed by atoms with van der Waals surface area (Å²) in [4.78, 5) is 0. The van der Waals surface area contributed by atoms with Crippen LogP contribution in [-0.4, -0.2) is 0 Å². The summed E-state index contributed by atoms with van der Waals surface area (Å²) < 4.78 is 39.3. The molecule has 1 saturated carbocycles. The monoisotopic (exact) mass is 262 g/mol. The molecule has 0 nitrogen and oxygen atoms in total. The SMILES string of the molecule is Fc1cc(F)c(C(Cl)CC2CCCC2)cc1F. The molecule has 94 valence electrons. The summed E-state index contributed by atoms with van der Waals surface area (Å²) >= 11 is 6.09. The Kier molecular flexibility index (Phi) is 3.97. The molecule has 0 amide bonds. The van der Waals surface area contributed by atoms with Gasteiger partial charge in [-0.1, -0.05) is 25.7 Å². The average Bonchev–Trinajstić information content (AvgIpc) is 2.76. The standard InChI is InChI=1S/C13H14ClF3/c14-10(5-8-3-1-2-4-8)9-6-12(16)13(17)7-11(9)15/h6-8,10H,1-5H2. The number of halogens is 4. The van der Waals surface area contributed by atoms with E-state index >= 15 is 0 Å². The van der Waals surface area contributed by atoms with E-state index in [0.717, 1.165) is 18.9 Å². The third kappa shape index (κ3) is 2.95. The lowest BCUT2D eigenvalue weighted by molar-refractivity contribution is 0.468. The van der Waals surface area contributed by atoms with Gasteiger partial charge in [0.25, 0.3) is 0 Å². The summed E-state index contributed by atoms with van der Waals surface area (Å²) in [6.45, 7) is 0. The van der Waals surface area contributed by atoms with E-state index in [1.165, 1.54) is 12.8 Å². The van der Waals surface area contributed by atoms with Crippen molar-refractivity contribution in [2.45, 2.75) is 37.5 Å².